The molecular formula is C21H23N3O3. The zero-order chi connectivity index (χ0) is 19.4. The maximum absolute atomic E-state index is 12.8. The lowest BCUT2D eigenvalue weighted by Gasteiger charge is -2.19. The van der Waals surface area contributed by atoms with E-state index in [2.05, 4.69) is 10.1 Å². The minimum atomic E-state index is -0.516. The number of amides is 1. The van der Waals surface area contributed by atoms with Crippen LogP contribution >= 0.6 is 0 Å². The van der Waals surface area contributed by atoms with E-state index in [4.69, 9.17) is 4.52 Å². The van der Waals surface area contributed by atoms with Crippen LogP contribution in [0.3, 0.4) is 0 Å². The molecule has 0 saturated heterocycles. The van der Waals surface area contributed by atoms with Gasteiger partial charge in [0.1, 0.15) is 0 Å². The molecule has 6 heteroatoms. The second-order valence-electron chi connectivity index (χ2n) is 6.43. The van der Waals surface area contributed by atoms with Gasteiger partial charge >= 0.3 is 0 Å². The largest absolute Gasteiger partial charge is 0.389 e. The number of nitrogens with zero attached hydrogens (tertiary/aromatic N) is 3. The molecule has 0 aliphatic carbocycles. The highest BCUT2D eigenvalue weighted by Gasteiger charge is 2.17. The van der Waals surface area contributed by atoms with Crippen molar-refractivity contribution >= 4 is 5.91 Å². The normalized spacial score (nSPS) is 12.0. The zero-order valence-electron chi connectivity index (χ0n) is 15.7. The molecule has 3 rings (SSSR count). The molecule has 6 nitrogen and oxygen atoms in total. The molecular weight excluding hydrogens is 342 g/mol. The Morgan fingerprint density at radius 3 is 2.52 bits per heavy atom. The van der Waals surface area contributed by atoms with Crippen LogP contribution in [0.25, 0.3) is 11.1 Å². The summed E-state index contributed by atoms with van der Waals surface area (Å²) in [7, 11) is 0. The van der Waals surface area contributed by atoms with Crippen molar-refractivity contribution in [3.63, 3.8) is 0 Å². The second kappa shape index (κ2) is 8.14. The summed E-state index contributed by atoms with van der Waals surface area (Å²) < 4.78 is 4.97. The van der Waals surface area contributed by atoms with E-state index in [1.807, 2.05) is 55.5 Å². The van der Waals surface area contributed by atoms with Crippen molar-refractivity contribution in [2.45, 2.75) is 33.4 Å². The van der Waals surface area contributed by atoms with Crippen molar-refractivity contribution in [3.05, 3.63) is 71.4 Å². The van der Waals surface area contributed by atoms with Crippen LogP contribution in [-0.4, -0.2) is 32.6 Å². The molecule has 1 amide bonds. The van der Waals surface area contributed by atoms with Crippen LogP contribution in [-0.2, 0) is 6.54 Å². The third-order valence-electron chi connectivity index (χ3n) is 4.41. The fraction of sp³-hybridized carbons (Fsp3) is 0.286. The Hall–Kier alpha value is -2.99. The number of carbonyl (C=O) groups excluding carboxylic acids is 1. The van der Waals surface area contributed by atoms with E-state index in [1.165, 1.54) is 0 Å². The lowest BCUT2D eigenvalue weighted by Crippen LogP contribution is -2.30. The van der Waals surface area contributed by atoms with E-state index in [0.717, 1.165) is 16.7 Å². The van der Waals surface area contributed by atoms with Gasteiger partial charge in [-0.05, 0) is 48.7 Å². The van der Waals surface area contributed by atoms with Crippen molar-refractivity contribution in [1.82, 2.24) is 15.0 Å². The molecule has 140 valence electrons. The average Bonchev–Trinajstić information content (AvgIpc) is 3.10. The maximum atomic E-state index is 12.8. The second-order valence-corrected chi connectivity index (χ2v) is 6.43. The van der Waals surface area contributed by atoms with Gasteiger partial charge in [-0.1, -0.05) is 35.5 Å². The number of aliphatic hydroxyl groups excluding tert-OH is 1. The van der Waals surface area contributed by atoms with E-state index in [1.54, 1.807) is 18.7 Å². The van der Waals surface area contributed by atoms with Crippen molar-refractivity contribution in [2.75, 3.05) is 6.54 Å². The van der Waals surface area contributed by atoms with Crippen LogP contribution < -0.4 is 0 Å². The summed E-state index contributed by atoms with van der Waals surface area (Å²) >= 11 is 0. The van der Waals surface area contributed by atoms with Gasteiger partial charge in [-0.15, -0.1) is 0 Å². The summed E-state index contributed by atoms with van der Waals surface area (Å²) in [5, 5.41) is 13.6. The number of hydrogen-bond acceptors (Lipinski definition) is 5. The number of hydrogen-bond donors (Lipinski definition) is 1. The molecule has 3 aromatic rings. The van der Waals surface area contributed by atoms with Gasteiger partial charge in [0.25, 0.3) is 5.91 Å². The van der Waals surface area contributed by atoms with Gasteiger partial charge in [0, 0.05) is 19.0 Å². The van der Waals surface area contributed by atoms with Gasteiger partial charge in [-0.25, -0.2) is 0 Å². The highest BCUT2D eigenvalue weighted by molar-refractivity contribution is 5.94. The Balaban J connectivity index is 1.77. The van der Waals surface area contributed by atoms with E-state index in [9.17, 15) is 9.90 Å². The first kappa shape index (κ1) is 18.8. The fourth-order valence-corrected chi connectivity index (χ4v) is 2.87. The first-order valence-electron chi connectivity index (χ1n) is 8.95. The predicted octanol–water partition coefficient (Wildman–Crippen LogP) is 3.76. The smallest absolute Gasteiger partial charge is 0.254 e. The molecule has 27 heavy (non-hydrogen) atoms. The molecule has 0 bridgehead atoms. The first-order chi connectivity index (χ1) is 13.0. The van der Waals surface area contributed by atoms with Crippen LogP contribution in [0.2, 0.25) is 0 Å². The monoisotopic (exact) mass is 365 g/mol. The third-order valence-corrected chi connectivity index (χ3v) is 4.41. The molecule has 1 heterocycles. The van der Waals surface area contributed by atoms with Crippen LogP contribution in [0, 0.1) is 6.92 Å². The van der Waals surface area contributed by atoms with Crippen LogP contribution in [0.1, 0.15) is 47.6 Å². The quantitative estimate of drug-likeness (QED) is 0.719. The Kier molecular flexibility index (Phi) is 5.66. The van der Waals surface area contributed by atoms with E-state index in [0.29, 0.717) is 30.4 Å². The van der Waals surface area contributed by atoms with Crippen LogP contribution in [0.15, 0.2) is 53.1 Å². The van der Waals surface area contributed by atoms with Crippen LogP contribution in [0.4, 0.5) is 0 Å². The van der Waals surface area contributed by atoms with E-state index in [-0.39, 0.29) is 5.91 Å². The van der Waals surface area contributed by atoms with E-state index < -0.39 is 6.10 Å². The van der Waals surface area contributed by atoms with Crippen molar-refractivity contribution in [3.8, 4) is 11.1 Å². The molecule has 2 aromatic carbocycles. The molecule has 0 radical (unpaired) electrons. The highest BCUT2D eigenvalue weighted by Crippen LogP contribution is 2.24. The van der Waals surface area contributed by atoms with Gasteiger partial charge in [0.15, 0.2) is 5.82 Å². The van der Waals surface area contributed by atoms with Gasteiger partial charge in [-0.3, -0.25) is 4.79 Å². The SMILES string of the molecule is CCN(Cc1noc(C)n1)C(=O)c1ccc(-c2cccc(C(C)O)c2)cc1. The lowest BCUT2D eigenvalue weighted by molar-refractivity contribution is 0.0747. The zero-order valence-corrected chi connectivity index (χ0v) is 15.7. The summed E-state index contributed by atoms with van der Waals surface area (Å²) in [6.07, 6.45) is -0.516. The van der Waals surface area contributed by atoms with Gasteiger partial charge < -0.3 is 14.5 Å². The number of aliphatic hydroxyl groups is 1. The number of carbonyl (C=O) groups is 1. The summed E-state index contributed by atoms with van der Waals surface area (Å²) in [4.78, 5) is 18.6. The molecule has 0 spiro atoms. The molecule has 0 saturated carbocycles. The predicted molar refractivity (Wildman–Crippen MR) is 102 cm³/mol. The maximum Gasteiger partial charge on any atom is 0.254 e. The number of aromatic nitrogens is 2. The Morgan fingerprint density at radius 1 is 1.19 bits per heavy atom. The minimum Gasteiger partial charge on any atom is -0.389 e. The summed E-state index contributed by atoms with van der Waals surface area (Å²) in [5.74, 6) is 0.899. The molecule has 0 aliphatic rings. The molecule has 0 fully saturated rings. The average molecular weight is 365 g/mol. The molecule has 1 atom stereocenters. The number of rotatable bonds is 6. The Labute approximate surface area is 158 Å². The molecule has 1 aromatic heterocycles. The topological polar surface area (TPSA) is 79.5 Å². The summed E-state index contributed by atoms with van der Waals surface area (Å²) in [6, 6.07) is 15.2. The Morgan fingerprint density at radius 2 is 1.93 bits per heavy atom. The van der Waals surface area contributed by atoms with Crippen molar-refractivity contribution in [1.29, 1.82) is 0 Å². The fourth-order valence-electron chi connectivity index (χ4n) is 2.87. The Bertz CT molecular complexity index is 916. The summed E-state index contributed by atoms with van der Waals surface area (Å²) in [6.45, 7) is 6.24. The van der Waals surface area contributed by atoms with Crippen LogP contribution in [0.5, 0.6) is 0 Å². The highest BCUT2D eigenvalue weighted by atomic mass is 16.5. The first-order valence-corrected chi connectivity index (χ1v) is 8.95. The molecule has 1 N–H and O–H groups in total. The number of aryl methyl sites for hydroxylation is 1. The van der Waals surface area contributed by atoms with Gasteiger partial charge in [-0.2, -0.15) is 4.98 Å². The van der Waals surface area contributed by atoms with Crippen molar-refractivity contribution in [2.24, 2.45) is 0 Å². The minimum absolute atomic E-state index is 0.0794. The number of benzene rings is 2. The standard InChI is InChI=1S/C21H23N3O3/c1-4-24(13-20-22-15(3)27-23-20)21(26)17-10-8-16(9-11-17)19-7-5-6-18(12-19)14(2)25/h5-12,14,25H,4,13H2,1-3H3. The third kappa shape index (κ3) is 4.41. The molecule has 0 aliphatic heterocycles. The van der Waals surface area contributed by atoms with E-state index >= 15 is 0 Å². The lowest BCUT2D eigenvalue weighted by atomic mass is 10.00. The van der Waals surface area contributed by atoms with Gasteiger partial charge in [0.05, 0.1) is 12.6 Å². The van der Waals surface area contributed by atoms with Crippen molar-refractivity contribution < 1.29 is 14.4 Å². The van der Waals surface area contributed by atoms with Gasteiger partial charge in [0.2, 0.25) is 5.89 Å². The molecule has 1 unspecified atom stereocenters. The summed E-state index contributed by atoms with van der Waals surface area (Å²) in [5.41, 5.74) is 3.46.